The van der Waals surface area contributed by atoms with E-state index < -0.39 is 0 Å². The SMILES string of the molecule is C=CCC[C@H]1CC(C(=O)OCC)=NO1. The summed E-state index contributed by atoms with van der Waals surface area (Å²) < 4.78 is 4.81. The molecule has 1 aliphatic heterocycles. The first-order chi connectivity index (χ1) is 6.77. The standard InChI is InChI=1S/C10H15NO3/c1-3-5-6-8-7-9(11-14-8)10(12)13-4-2/h3,8H,1,4-7H2,2H3/t8-/m0/s1. The van der Waals surface area contributed by atoms with E-state index in [9.17, 15) is 4.79 Å². The van der Waals surface area contributed by atoms with Gasteiger partial charge < -0.3 is 9.57 Å². The zero-order valence-electron chi connectivity index (χ0n) is 8.36. The van der Waals surface area contributed by atoms with Crippen LogP contribution in [0, 0.1) is 0 Å². The number of hydrogen-bond acceptors (Lipinski definition) is 4. The van der Waals surface area contributed by atoms with Crippen LogP contribution in [0.25, 0.3) is 0 Å². The van der Waals surface area contributed by atoms with Crippen molar-refractivity contribution in [1.82, 2.24) is 0 Å². The van der Waals surface area contributed by atoms with Gasteiger partial charge in [0.15, 0.2) is 5.71 Å². The summed E-state index contributed by atoms with van der Waals surface area (Å²) in [7, 11) is 0. The molecule has 1 aliphatic rings. The van der Waals surface area contributed by atoms with Crippen LogP contribution >= 0.6 is 0 Å². The van der Waals surface area contributed by atoms with Gasteiger partial charge in [-0.2, -0.15) is 0 Å². The summed E-state index contributed by atoms with van der Waals surface area (Å²) in [6.07, 6.45) is 4.09. The largest absolute Gasteiger partial charge is 0.461 e. The third kappa shape index (κ3) is 2.87. The van der Waals surface area contributed by atoms with Gasteiger partial charge in [0.1, 0.15) is 6.10 Å². The molecular formula is C10H15NO3. The average molecular weight is 197 g/mol. The molecule has 4 heteroatoms. The highest BCUT2D eigenvalue weighted by Gasteiger charge is 2.26. The molecule has 0 fully saturated rings. The topological polar surface area (TPSA) is 47.9 Å². The third-order valence-electron chi connectivity index (χ3n) is 1.94. The molecule has 0 spiro atoms. The molecular weight excluding hydrogens is 182 g/mol. The van der Waals surface area contributed by atoms with Gasteiger partial charge in [-0.15, -0.1) is 6.58 Å². The van der Waals surface area contributed by atoms with Gasteiger partial charge in [0, 0.05) is 6.42 Å². The van der Waals surface area contributed by atoms with Crippen LogP contribution < -0.4 is 0 Å². The van der Waals surface area contributed by atoms with Crippen LogP contribution in [0.2, 0.25) is 0 Å². The maximum Gasteiger partial charge on any atom is 0.356 e. The Balaban J connectivity index is 2.31. The first-order valence-electron chi connectivity index (χ1n) is 4.78. The summed E-state index contributed by atoms with van der Waals surface area (Å²) in [6, 6.07) is 0. The van der Waals surface area contributed by atoms with E-state index in [1.165, 1.54) is 0 Å². The molecule has 0 aromatic heterocycles. The molecule has 14 heavy (non-hydrogen) atoms. The van der Waals surface area contributed by atoms with Crippen LogP contribution in [-0.2, 0) is 14.4 Å². The van der Waals surface area contributed by atoms with Gasteiger partial charge in [0.05, 0.1) is 6.61 Å². The van der Waals surface area contributed by atoms with E-state index in [2.05, 4.69) is 11.7 Å². The molecule has 4 nitrogen and oxygen atoms in total. The number of hydrogen-bond donors (Lipinski definition) is 0. The molecule has 1 atom stereocenters. The van der Waals surface area contributed by atoms with Crippen LogP contribution in [0.1, 0.15) is 26.2 Å². The average Bonchev–Trinajstić information content (AvgIpc) is 2.63. The zero-order chi connectivity index (χ0) is 10.4. The monoisotopic (exact) mass is 197 g/mol. The predicted molar refractivity (Wildman–Crippen MR) is 53.0 cm³/mol. The quantitative estimate of drug-likeness (QED) is 0.497. The summed E-state index contributed by atoms with van der Waals surface area (Å²) in [5, 5.41) is 3.70. The van der Waals surface area contributed by atoms with Crippen molar-refractivity contribution < 1.29 is 14.4 Å². The minimum Gasteiger partial charge on any atom is -0.461 e. The van der Waals surface area contributed by atoms with Gasteiger partial charge >= 0.3 is 5.97 Å². The predicted octanol–water partition coefficient (Wildman–Crippen LogP) is 1.66. The Bertz CT molecular complexity index is 248. The van der Waals surface area contributed by atoms with Crippen molar-refractivity contribution in [2.24, 2.45) is 5.16 Å². The Labute approximate surface area is 83.6 Å². The molecule has 0 saturated heterocycles. The van der Waals surface area contributed by atoms with E-state index in [4.69, 9.17) is 9.57 Å². The molecule has 1 heterocycles. The highest BCUT2D eigenvalue weighted by Crippen LogP contribution is 2.16. The van der Waals surface area contributed by atoms with Crippen molar-refractivity contribution in [3.8, 4) is 0 Å². The minimum atomic E-state index is -0.367. The number of esters is 1. The lowest BCUT2D eigenvalue weighted by Gasteiger charge is -2.04. The summed E-state index contributed by atoms with van der Waals surface area (Å²) in [5.74, 6) is -0.367. The second-order valence-electron chi connectivity index (χ2n) is 3.06. The Kier molecular flexibility index (Phi) is 4.16. The maximum absolute atomic E-state index is 11.2. The Morgan fingerprint density at radius 3 is 3.29 bits per heavy atom. The van der Waals surface area contributed by atoms with E-state index in [1.807, 2.05) is 6.08 Å². The van der Waals surface area contributed by atoms with E-state index in [0.717, 1.165) is 12.8 Å². The second kappa shape index (κ2) is 5.42. The second-order valence-corrected chi connectivity index (χ2v) is 3.06. The number of carbonyl (C=O) groups is 1. The highest BCUT2D eigenvalue weighted by atomic mass is 16.6. The van der Waals surface area contributed by atoms with Crippen LogP contribution in [0.3, 0.4) is 0 Å². The number of allylic oxidation sites excluding steroid dienone is 1. The lowest BCUT2D eigenvalue weighted by atomic mass is 10.1. The van der Waals surface area contributed by atoms with Crippen molar-refractivity contribution in [3.63, 3.8) is 0 Å². The summed E-state index contributed by atoms with van der Waals surface area (Å²) in [6.45, 7) is 5.76. The first-order valence-corrected chi connectivity index (χ1v) is 4.78. The molecule has 0 aliphatic carbocycles. The minimum absolute atomic E-state index is 0.00686. The molecule has 0 N–H and O–H groups in total. The summed E-state index contributed by atoms with van der Waals surface area (Å²) >= 11 is 0. The molecule has 0 amide bonds. The number of ether oxygens (including phenoxy) is 1. The fraction of sp³-hybridized carbons (Fsp3) is 0.600. The van der Waals surface area contributed by atoms with Gasteiger partial charge in [-0.1, -0.05) is 11.2 Å². The van der Waals surface area contributed by atoms with Crippen LogP contribution in [0.4, 0.5) is 0 Å². The van der Waals surface area contributed by atoms with Gasteiger partial charge in [0.2, 0.25) is 0 Å². The maximum atomic E-state index is 11.2. The Morgan fingerprint density at radius 2 is 2.64 bits per heavy atom. The summed E-state index contributed by atoms with van der Waals surface area (Å²) in [4.78, 5) is 16.3. The van der Waals surface area contributed by atoms with Crippen LogP contribution in [0.15, 0.2) is 17.8 Å². The molecule has 0 aromatic carbocycles. The van der Waals surface area contributed by atoms with Crippen molar-refractivity contribution in [2.45, 2.75) is 32.3 Å². The molecule has 78 valence electrons. The van der Waals surface area contributed by atoms with Gasteiger partial charge in [0.25, 0.3) is 0 Å². The number of oxime groups is 1. The summed E-state index contributed by atoms with van der Waals surface area (Å²) in [5.41, 5.74) is 0.390. The van der Waals surface area contributed by atoms with Crippen molar-refractivity contribution in [3.05, 3.63) is 12.7 Å². The molecule has 0 radical (unpaired) electrons. The number of nitrogens with zero attached hydrogens (tertiary/aromatic N) is 1. The molecule has 0 bridgehead atoms. The third-order valence-corrected chi connectivity index (χ3v) is 1.94. The van der Waals surface area contributed by atoms with E-state index >= 15 is 0 Å². The number of carbonyl (C=O) groups excluding carboxylic acids is 1. The van der Waals surface area contributed by atoms with Gasteiger partial charge in [-0.05, 0) is 19.8 Å². The van der Waals surface area contributed by atoms with E-state index in [-0.39, 0.29) is 12.1 Å². The zero-order valence-corrected chi connectivity index (χ0v) is 8.36. The fourth-order valence-corrected chi connectivity index (χ4v) is 1.22. The normalized spacial score (nSPS) is 19.8. The van der Waals surface area contributed by atoms with E-state index in [0.29, 0.717) is 18.7 Å². The van der Waals surface area contributed by atoms with Gasteiger partial charge in [-0.3, -0.25) is 0 Å². The highest BCUT2D eigenvalue weighted by molar-refractivity contribution is 6.36. The smallest absolute Gasteiger partial charge is 0.356 e. The van der Waals surface area contributed by atoms with Gasteiger partial charge in [-0.25, -0.2) is 4.79 Å². The Hall–Kier alpha value is -1.32. The molecule has 1 rings (SSSR count). The van der Waals surface area contributed by atoms with Crippen LogP contribution in [-0.4, -0.2) is 24.4 Å². The lowest BCUT2D eigenvalue weighted by Crippen LogP contribution is -2.18. The molecule has 0 saturated carbocycles. The molecule has 0 unspecified atom stereocenters. The number of rotatable bonds is 5. The van der Waals surface area contributed by atoms with Crippen LogP contribution in [0.5, 0.6) is 0 Å². The van der Waals surface area contributed by atoms with Crippen molar-refractivity contribution in [1.29, 1.82) is 0 Å². The van der Waals surface area contributed by atoms with Crippen molar-refractivity contribution >= 4 is 11.7 Å². The van der Waals surface area contributed by atoms with E-state index in [1.54, 1.807) is 6.92 Å². The first kappa shape index (κ1) is 10.8. The lowest BCUT2D eigenvalue weighted by molar-refractivity contribution is -0.135. The Morgan fingerprint density at radius 1 is 1.86 bits per heavy atom. The molecule has 0 aromatic rings. The van der Waals surface area contributed by atoms with Crippen molar-refractivity contribution in [2.75, 3.05) is 6.61 Å². The fourth-order valence-electron chi connectivity index (χ4n) is 1.22.